The second kappa shape index (κ2) is 12.7. The number of benzene rings is 1. The number of ether oxygens (including phenoxy) is 2. The number of pyridine rings is 1. The maximum absolute atomic E-state index is 14.1. The summed E-state index contributed by atoms with van der Waals surface area (Å²) in [6.07, 6.45) is 8.12. The van der Waals surface area contributed by atoms with Gasteiger partial charge in [0, 0.05) is 29.5 Å². The number of carbonyl (C=O) groups is 3. The zero-order valence-corrected chi connectivity index (χ0v) is 27.9. The van der Waals surface area contributed by atoms with E-state index in [9.17, 15) is 27.2 Å². The highest BCUT2D eigenvalue weighted by Crippen LogP contribution is 2.48. The van der Waals surface area contributed by atoms with Crippen LogP contribution in [0.5, 0.6) is 11.6 Å². The highest BCUT2D eigenvalue weighted by molar-refractivity contribution is 7.91. The number of halogens is 1. The van der Waals surface area contributed by atoms with Crippen LogP contribution in [-0.2, 0) is 24.4 Å². The molecule has 3 amide bonds. The van der Waals surface area contributed by atoms with Gasteiger partial charge in [-0.1, -0.05) is 44.2 Å². The summed E-state index contributed by atoms with van der Waals surface area (Å²) in [4.78, 5) is 47.5. The van der Waals surface area contributed by atoms with E-state index in [4.69, 9.17) is 9.47 Å². The Morgan fingerprint density at radius 1 is 1.15 bits per heavy atom. The van der Waals surface area contributed by atoms with Crippen molar-refractivity contribution in [1.29, 1.82) is 0 Å². The lowest BCUT2D eigenvalue weighted by Gasteiger charge is -2.28. The van der Waals surface area contributed by atoms with Crippen molar-refractivity contribution >= 4 is 38.5 Å². The summed E-state index contributed by atoms with van der Waals surface area (Å²) in [5, 5.41) is 4.38. The van der Waals surface area contributed by atoms with Crippen LogP contribution < -0.4 is 19.5 Å². The molecule has 47 heavy (non-hydrogen) atoms. The molecule has 4 aliphatic rings. The lowest BCUT2D eigenvalue weighted by atomic mass is 9.91. The van der Waals surface area contributed by atoms with E-state index in [-0.39, 0.29) is 50.5 Å². The van der Waals surface area contributed by atoms with Gasteiger partial charge in [0.15, 0.2) is 0 Å². The minimum Gasteiger partial charge on any atom is -0.494 e. The summed E-state index contributed by atoms with van der Waals surface area (Å²) in [5.41, 5.74) is -1.53. The number of fused-ring (bicyclic) bond motifs is 3. The number of carbonyl (C=O) groups excluding carboxylic acids is 3. The van der Waals surface area contributed by atoms with Gasteiger partial charge < -0.3 is 19.7 Å². The van der Waals surface area contributed by atoms with Crippen molar-refractivity contribution in [2.75, 3.05) is 20.3 Å². The predicted molar refractivity (Wildman–Crippen MR) is 173 cm³/mol. The van der Waals surface area contributed by atoms with Gasteiger partial charge in [-0.05, 0) is 56.4 Å². The van der Waals surface area contributed by atoms with Crippen LogP contribution in [0.2, 0.25) is 0 Å². The molecule has 1 aromatic carbocycles. The van der Waals surface area contributed by atoms with E-state index in [1.54, 1.807) is 13.3 Å². The Morgan fingerprint density at radius 3 is 2.60 bits per heavy atom. The maximum atomic E-state index is 14.1. The monoisotopic (exact) mass is 670 g/mol. The average molecular weight is 671 g/mol. The molecule has 1 saturated heterocycles. The number of sulfonamides is 1. The molecule has 6 atom stereocenters. The van der Waals surface area contributed by atoms with Gasteiger partial charge in [0.1, 0.15) is 34.9 Å². The van der Waals surface area contributed by atoms with Gasteiger partial charge in [0.05, 0.1) is 19.9 Å². The molecule has 254 valence electrons. The molecule has 0 bridgehead atoms. The Bertz CT molecular complexity index is 1700. The van der Waals surface area contributed by atoms with Crippen LogP contribution in [-0.4, -0.2) is 78.8 Å². The minimum atomic E-state index is -4.30. The number of methoxy groups -OCH3 is 1. The van der Waals surface area contributed by atoms with Crippen LogP contribution >= 0.6 is 0 Å². The topological polar surface area (TPSA) is 144 Å². The maximum Gasteiger partial charge on any atom is 0.259 e. The molecule has 11 nitrogen and oxygen atoms in total. The highest BCUT2D eigenvalue weighted by Gasteiger charge is 2.64. The smallest absolute Gasteiger partial charge is 0.259 e. The van der Waals surface area contributed by atoms with E-state index in [0.717, 1.165) is 30.0 Å². The van der Waals surface area contributed by atoms with Crippen LogP contribution in [0.1, 0.15) is 65.2 Å². The summed E-state index contributed by atoms with van der Waals surface area (Å²) >= 11 is 0. The van der Waals surface area contributed by atoms with Crippen LogP contribution in [0.25, 0.3) is 10.8 Å². The Kier molecular flexibility index (Phi) is 8.96. The standard InChI is InChI=1S/C34H43FN4O7S/c1-21-8-4-5-9-23-17-34(23,32(42)38-47(43,44)33(20-35)12-13-33)37-30(41)27-16-24(19-39(27)29(40)15-22(2)14-21)46-31-26-11-7-6-10-25(26)28(45-3)18-36-31/h5-7,9-11,18,21-24,27H,4,8,12-17,19-20H2,1-3H3,(H,37,41)(H,38,42)/b9-5-/t21?,22-,23-,24-,27+,34-/m1/s1. The third kappa shape index (κ3) is 6.42. The normalized spacial score (nSPS) is 31.4. The molecule has 2 aromatic rings. The largest absolute Gasteiger partial charge is 0.494 e. The van der Waals surface area contributed by atoms with Crippen molar-refractivity contribution in [3.05, 3.63) is 42.6 Å². The van der Waals surface area contributed by atoms with Crippen LogP contribution in [0.15, 0.2) is 42.6 Å². The van der Waals surface area contributed by atoms with E-state index in [1.807, 2.05) is 43.3 Å². The van der Waals surface area contributed by atoms with Crippen LogP contribution in [0.4, 0.5) is 4.39 Å². The molecule has 2 aliphatic heterocycles. The van der Waals surface area contributed by atoms with Gasteiger partial charge in [0.2, 0.25) is 27.7 Å². The van der Waals surface area contributed by atoms with Crippen LogP contribution in [0.3, 0.4) is 0 Å². The summed E-state index contributed by atoms with van der Waals surface area (Å²) in [6.45, 7) is 3.23. The van der Waals surface area contributed by atoms with Gasteiger partial charge in [-0.2, -0.15) is 0 Å². The number of alkyl halides is 1. The first-order valence-corrected chi connectivity index (χ1v) is 17.9. The van der Waals surface area contributed by atoms with E-state index < -0.39 is 56.9 Å². The molecule has 2 saturated carbocycles. The highest BCUT2D eigenvalue weighted by atomic mass is 32.2. The van der Waals surface area contributed by atoms with Gasteiger partial charge in [-0.3, -0.25) is 19.1 Å². The first kappa shape index (κ1) is 33.2. The fourth-order valence-electron chi connectivity index (χ4n) is 7.13. The van der Waals surface area contributed by atoms with Gasteiger partial charge in [0.25, 0.3) is 5.91 Å². The second-order valence-electron chi connectivity index (χ2n) is 13.9. The van der Waals surface area contributed by atoms with Crippen molar-refractivity contribution in [1.82, 2.24) is 19.9 Å². The van der Waals surface area contributed by atoms with Gasteiger partial charge in [-0.25, -0.2) is 17.8 Å². The first-order valence-electron chi connectivity index (χ1n) is 16.4. The lowest BCUT2D eigenvalue weighted by molar-refractivity contribution is -0.140. The third-order valence-electron chi connectivity index (χ3n) is 10.2. The quantitative estimate of drug-likeness (QED) is 0.424. The molecule has 1 unspecified atom stereocenters. The summed E-state index contributed by atoms with van der Waals surface area (Å²) in [6, 6.07) is 6.54. The zero-order chi connectivity index (χ0) is 33.6. The fourth-order valence-corrected chi connectivity index (χ4v) is 8.55. The fraction of sp³-hybridized carbons (Fsp3) is 0.588. The Labute approximate surface area is 274 Å². The summed E-state index contributed by atoms with van der Waals surface area (Å²) in [5.74, 6) is -0.727. The summed E-state index contributed by atoms with van der Waals surface area (Å²) in [7, 11) is -2.74. The SMILES string of the molecule is COc1cnc(O[C@@H]2C[C@H]3C(=O)N[C@]4(C(=O)NS(=O)(=O)C5(CF)CC5)C[C@H]4/C=C\CCC(C)C[C@@H](C)CC(=O)N3C2)c2ccccc12. The molecule has 3 heterocycles. The molecule has 13 heteroatoms. The second-order valence-corrected chi connectivity index (χ2v) is 16.0. The zero-order valence-electron chi connectivity index (χ0n) is 27.0. The Balaban J connectivity index is 1.28. The number of rotatable bonds is 7. The van der Waals surface area contributed by atoms with E-state index in [0.29, 0.717) is 17.5 Å². The van der Waals surface area contributed by atoms with E-state index in [1.165, 1.54) is 4.90 Å². The minimum absolute atomic E-state index is 0.0865. The molecular formula is C34H43FN4O7S. The molecule has 0 radical (unpaired) electrons. The van der Waals surface area contributed by atoms with Gasteiger partial charge >= 0.3 is 0 Å². The molecule has 0 spiro atoms. The molecule has 2 aliphatic carbocycles. The van der Waals surface area contributed by atoms with E-state index in [2.05, 4.69) is 21.9 Å². The predicted octanol–water partition coefficient (Wildman–Crippen LogP) is 3.82. The molecule has 6 rings (SSSR count). The Morgan fingerprint density at radius 2 is 1.89 bits per heavy atom. The number of aromatic nitrogens is 1. The first-order chi connectivity index (χ1) is 22.4. The number of allylic oxidation sites excluding steroid dienone is 1. The van der Waals surface area contributed by atoms with Crippen molar-refractivity contribution < 1.29 is 36.7 Å². The van der Waals surface area contributed by atoms with Crippen molar-refractivity contribution in [2.45, 2.75) is 87.6 Å². The number of amides is 3. The Hall–Kier alpha value is -3.74. The summed E-state index contributed by atoms with van der Waals surface area (Å²) < 4.78 is 52.0. The van der Waals surface area contributed by atoms with E-state index >= 15 is 0 Å². The molecule has 2 N–H and O–H groups in total. The third-order valence-corrected chi connectivity index (χ3v) is 12.4. The molecule has 3 fully saturated rings. The van der Waals surface area contributed by atoms with Crippen molar-refractivity contribution in [3.63, 3.8) is 0 Å². The average Bonchev–Trinajstić information content (AvgIpc) is 3.94. The van der Waals surface area contributed by atoms with Gasteiger partial charge in [-0.15, -0.1) is 0 Å². The number of nitrogens with one attached hydrogen (secondary N) is 2. The number of hydrogen-bond acceptors (Lipinski definition) is 8. The molecular weight excluding hydrogens is 627 g/mol. The lowest BCUT2D eigenvalue weighted by Crippen LogP contribution is -2.57. The molecule has 1 aromatic heterocycles. The number of hydrogen-bond donors (Lipinski definition) is 2. The van der Waals surface area contributed by atoms with Crippen molar-refractivity contribution in [2.24, 2.45) is 17.8 Å². The van der Waals surface area contributed by atoms with Crippen LogP contribution in [0, 0.1) is 17.8 Å². The van der Waals surface area contributed by atoms with Crippen molar-refractivity contribution in [3.8, 4) is 11.6 Å². The number of nitrogens with zero attached hydrogens (tertiary/aromatic N) is 2.